The zero-order chi connectivity index (χ0) is 23.5. The summed E-state index contributed by atoms with van der Waals surface area (Å²) in [6, 6.07) is 8.36. The lowest BCUT2D eigenvalue weighted by molar-refractivity contribution is -0.384. The third kappa shape index (κ3) is 5.49. The molecule has 32 heavy (non-hydrogen) atoms. The molecule has 0 N–H and O–H groups in total. The van der Waals surface area contributed by atoms with Gasteiger partial charge in [-0.1, -0.05) is 12.1 Å². The quantitative estimate of drug-likeness (QED) is 0.482. The lowest BCUT2D eigenvalue weighted by Crippen LogP contribution is -2.49. The summed E-state index contributed by atoms with van der Waals surface area (Å²) in [6.07, 6.45) is -4.47. The fourth-order valence-electron chi connectivity index (χ4n) is 3.58. The van der Waals surface area contributed by atoms with E-state index in [1.165, 1.54) is 0 Å². The third-order valence-corrected chi connectivity index (χ3v) is 5.39. The van der Waals surface area contributed by atoms with Gasteiger partial charge in [-0.2, -0.15) is 13.2 Å². The molecule has 1 aliphatic heterocycles. The van der Waals surface area contributed by atoms with Gasteiger partial charge in [0.1, 0.15) is 11.4 Å². The zero-order valence-electron chi connectivity index (χ0n) is 17.8. The van der Waals surface area contributed by atoms with Crippen LogP contribution in [0.4, 0.5) is 24.5 Å². The molecule has 1 heterocycles. The molecule has 1 aliphatic rings. The number of ether oxygens (including phenoxy) is 1. The van der Waals surface area contributed by atoms with Gasteiger partial charge in [0.2, 0.25) is 5.91 Å². The zero-order valence-corrected chi connectivity index (χ0v) is 17.8. The molecule has 2 aromatic carbocycles. The van der Waals surface area contributed by atoms with Crippen LogP contribution in [0.2, 0.25) is 0 Å². The van der Waals surface area contributed by atoms with Gasteiger partial charge >= 0.3 is 6.18 Å². The Morgan fingerprint density at radius 2 is 1.78 bits per heavy atom. The first kappa shape index (κ1) is 23.4. The van der Waals surface area contributed by atoms with Gasteiger partial charge in [-0.3, -0.25) is 14.9 Å². The molecule has 0 aromatic heterocycles. The topological polar surface area (TPSA) is 75.9 Å². The van der Waals surface area contributed by atoms with Gasteiger partial charge in [0.05, 0.1) is 23.5 Å². The van der Waals surface area contributed by atoms with Gasteiger partial charge in [0.15, 0.2) is 0 Å². The van der Waals surface area contributed by atoms with E-state index >= 15 is 0 Å². The summed E-state index contributed by atoms with van der Waals surface area (Å²) in [5.74, 6) is 0.633. The number of aryl methyl sites for hydroxylation is 2. The largest absolute Gasteiger partial charge is 0.493 e. The molecular weight excluding hydrogens is 427 g/mol. The van der Waals surface area contributed by atoms with E-state index in [2.05, 4.69) is 0 Å². The molecule has 0 spiro atoms. The normalized spacial score (nSPS) is 14.4. The molecule has 0 bridgehead atoms. The fraction of sp³-hybridized carbons (Fsp3) is 0.409. The number of nitro benzene ring substituents is 1. The smallest absolute Gasteiger partial charge is 0.416 e. The minimum absolute atomic E-state index is 0.100. The second kappa shape index (κ2) is 9.46. The number of piperazine rings is 1. The van der Waals surface area contributed by atoms with Crippen molar-refractivity contribution in [2.75, 3.05) is 37.7 Å². The average molecular weight is 451 g/mol. The SMILES string of the molecule is Cc1ccc(C)c(OCCC(=O)N2CCN(c3ccc(C(F)(F)F)cc3[N+](=O)[O-])CC2)c1. The number of halogens is 3. The van der Waals surface area contributed by atoms with Crippen LogP contribution in [0.1, 0.15) is 23.1 Å². The van der Waals surface area contributed by atoms with E-state index in [0.29, 0.717) is 19.2 Å². The Kier molecular flexibility index (Phi) is 6.90. The van der Waals surface area contributed by atoms with Crippen molar-refractivity contribution >= 4 is 17.3 Å². The number of anilines is 1. The predicted molar refractivity (Wildman–Crippen MR) is 113 cm³/mol. The van der Waals surface area contributed by atoms with Crippen LogP contribution in [0.3, 0.4) is 0 Å². The number of nitro groups is 1. The number of amides is 1. The number of carbonyl (C=O) groups is 1. The highest BCUT2D eigenvalue weighted by Crippen LogP contribution is 2.36. The van der Waals surface area contributed by atoms with Crippen molar-refractivity contribution in [2.45, 2.75) is 26.4 Å². The summed E-state index contributed by atoms with van der Waals surface area (Å²) in [4.78, 5) is 26.3. The molecule has 1 amide bonds. The van der Waals surface area contributed by atoms with E-state index < -0.39 is 22.4 Å². The molecule has 172 valence electrons. The van der Waals surface area contributed by atoms with Gasteiger partial charge in [0, 0.05) is 32.2 Å². The van der Waals surface area contributed by atoms with Crippen molar-refractivity contribution in [3.63, 3.8) is 0 Å². The van der Waals surface area contributed by atoms with Crippen molar-refractivity contribution < 1.29 is 27.6 Å². The molecule has 1 fully saturated rings. The lowest BCUT2D eigenvalue weighted by Gasteiger charge is -2.36. The fourth-order valence-corrected chi connectivity index (χ4v) is 3.58. The number of rotatable bonds is 6. The van der Waals surface area contributed by atoms with Crippen LogP contribution < -0.4 is 9.64 Å². The maximum atomic E-state index is 12.9. The molecule has 2 aromatic rings. The number of benzene rings is 2. The Morgan fingerprint density at radius 1 is 1.09 bits per heavy atom. The second-order valence-corrected chi connectivity index (χ2v) is 7.69. The average Bonchev–Trinajstić information content (AvgIpc) is 2.75. The van der Waals surface area contributed by atoms with Crippen LogP contribution in [0.15, 0.2) is 36.4 Å². The van der Waals surface area contributed by atoms with Gasteiger partial charge in [-0.25, -0.2) is 0 Å². The Bertz CT molecular complexity index is 1000. The number of nitrogens with zero attached hydrogens (tertiary/aromatic N) is 3. The number of alkyl halides is 3. The monoisotopic (exact) mass is 451 g/mol. The summed E-state index contributed by atoms with van der Waals surface area (Å²) in [5, 5.41) is 11.3. The molecule has 0 aliphatic carbocycles. The number of hydrogen-bond acceptors (Lipinski definition) is 5. The van der Waals surface area contributed by atoms with Crippen molar-refractivity contribution in [2.24, 2.45) is 0 Å². The first-order valence-corrected chi connectivity index (χ1v) is 10.1. The van der Waals surface area contributed by atoms with E-state index in [4.69, 9.17) is 4.74 Å². The summed E-state index contributed by atoms with van der Waals surface area (Å²) >= 11 is 0. The summed E-state index contributed by atoms with van der Waals surface area (Å²) in [5.41, 5.74) is 0.501. The third-order valence-electron chi connectivity index (χ3n) is 5.39. The van der Waals surface area contributed by atoms with E-state index in [9.17, 15) is 28.1 Å². The minimum atomic E-state index is -4.66. The Balaban J connectivity index is 1.57. The maximum absolute atomic E-state index is 12.9. The molecule has 0 radical (unpaired) electrons. The van der Waals surface area contributed by atoms with Crippen LogP contribution in [0, 0.1) is 24.0 Å². The van der Waals surface area contributed by atoms with Crippen LogP contribution in [0.25, 0.3) is 0 Å². The van der Waals surface area contributed by atoms with E-state index in [1.807, 2.05) is 32.0 Å². The lowest BCUT2D eigenvalue weighted by atomic mass is 10.1. The van der Waals surface area contributed by atoms with E-state index in [-0.39, 0.29) is 37.7 Å². The maximum Gasteiger partial charge on any atom is 0.416 e. The molecule has 10 heteroatoms. The summed E-state index contributed by atoms with van der Waals surface area (Å²) in [6.45, 7) is 5.33. The highest BCUT2D eigenvalue weighted by molar-refractivity contribution is 5.77. The highest BCUT2D eigenvalue weighted by Gasteiger charge is 2.34. The first-order valence-electron chi connectivity index (χ1n) is 10.1. The Labute approximate surface area is 183 Å². The van der Waals surface area contributed by atoms with E-state index in [0.717, 1.165) is 29.0 Å². The van der Waals surface area contributed by atoms with Crippen molar-refractivity contribution in [3.8, 4) is 5.75 Å². The summed E-state index contributed by atoms with van der Waals surface area (Å²) in [7, 11) is 0. The van der Waals surface area contributed by atoms with Crippen LogP contribution >= 0.6 is 0 Å². The number of hydrogen-bond donors (Lipinski definition) is 0. The first-order chi connectivity index (χ1) is 15.1. The second-order valence-electron chi connectivity index (χ2n) is 7.69. The van der Waals surface area contributed by atoms with Crippen molar-refractivity contribution in [3.05, 3.63) is 63.2 Å². The van der Waals surface area contributed by atoms with Gasteiger partial charge < -0.3 is 14.5 Å². The van der Waals surface area contributed by atoms with E-state index in [1.54, 1.807) is 9.80 Å². The molecule has 0 unspecified atom stereocenters. The Morgan fingerprint density at radius 3 is 2.41 bits per heavy atom. The molecule has 7 nitrogen and oxygen atoms in total. The molecular formula is C22H24F3N3O4. The minimum Gasteiger partial charge on any atom is -0.493 e. The van der Waals surface area contributed by atoms with Crippen molar-refractivity contribution in [1.29, 1.82) is 0 Å². The summed E-state index contributed by atoms with van der Waals surface area (Å²) < 4.78 is 44.4. The molecule has 0 atom stereocenters. The number of carbonyl (C=O) groups excluding carboxylic acids is 1. The van der Waals surface area contributed by atoms with Gasteiger partial charge in [0.25, 0.3) is 5.69 Å². The van der Waals surface area contributed by atoms with Crippen LogP contribution in [-0.4, -0.2) is 48.5 Å². The molecule has 0 saturated carbocycles. The highest BCUT2D eigenvalue weighted by atomic mass is 19.4. The standard InChI is InChI=1S/C22H24F3N3O4/c1-15-3-4-16(2)20(13-15)32-12-7-21(29)27-10-8-26(9-11-27)18-6-5-17(22(23,24)25)14-19(18)28(30)31/h3-6,13-14H,7-12H2,1-2H3. The van der Waals surface area contributed by atoms with Crippen LogP contribution in [0.5, 0.6) is 5.75 Å². The van der Waals surface area contributed by atoms with Crippen LogP contribution in [-0.2, 0) is 11.0 Å². The van der Waals surface area contributed by atoms with Gasteiger partial charge in [-0.15, -0.1) is 0 Å². The van der Waals surface area contributed by atoms with Crippen molar-refractivity contribution in [1.82, 2.24) is 4.90 Å². The molecule has 3 rings (SSSR count). The predicted octanol–water partition coefficient (Wildman–Crippen LogP) is 4.35. The Hall–Kier alpha value is -3.30. The molecule has 1 saturated heterocycles. The van der Waals surface area contributed by atoms with Gasteiger partial charge in [-0.05, 0) is 43.2 Å².